The van der Waals surface area contributed by atoms with E-state index in [1.165, 1.54) is 0 Å². The van der Waals surface area contributed by atoms with Crippen molar-refractivity contribution in [3.8, 4) is 0 Å². The minimum atomic E-state index is -0.223. The third-order valence-electron chi connectivity index (χ3n) is 2.46. The lowest BCUT2D eigenvalue weighted by Gasteiger charge is -2.08. The molecular formula is C12H12ClNO2. The molecule has 2 rings (SSSR count). The number of allylic oxidation sites excluding steroid dienone is 1. The van der Waals surface area contributed by atoms with E-state index < -0.39 is 0 Å². The Morgan fingerprint density at radius 3 is 2.62 bits per heavy atom. The van der Waals surface area contributed by atoms with Gasteiger partial charge in [0.2, 0.25) is 0 Å². The second-order valence-electron chi connectivity index (χ2n) is 3.62. The van der Waals surface area contributed by atoms with E-state index in [4.69, 9.17) is 16.3 Å². The van der Waals surface area contributed by atoms with Gasteiger partial charge in [-0.2, -0.15) is 0 Å². The molecule has 1 aromatic carbocycles. The molecule has 0 spiro atoms. The van der Waals surface area contributed by atoms with Gasteiger partial charge in [0.15, 0.2) is 0 Å². The number of esters is 1. The van der Waals surface area contributed by atoms with Crippen molar-refractivity contribution >= 4 is 23.3 Å². The molecule has 0 amide bonds. The van der Waals surface area contributed by atoms with Crippen molar-refractivity contribution < 1.29 is 9.53 Å². The maximum atomic E-state index is 11.3. The summed E-state index contributed by atoms with van der Waals surface area (Å²) in [6.45, 7) is 2.35. The van der Waals surface area contributed by atoms with Crippen LogP contribution in [0.1, 0.15) is 13.3 Å². The summed E-state index contributed by atoms with van der Waals surface area (Å²) in [5, 5.41) is 3.85. The molecule has 0 radical (unpaired) electrons. The molecule has 0 aromatic heterocycles. The number of ether oxygens (including phenoxy) is 1. The van der Waals surface area contributed by atoms with Crippen molar-refractivity contribution in [2.45, 2.75) is 13.3 Å². The van der Waals surface area contributed by atoms with Gasteiger partial charge in [-0.1, -0.05) is 11.6 Å². The van der Waals surface area contributed by atoms with Crippen molar-refractivity contribution in [2.24, 2.45) is 0 Å². The second kappa shape index (κ2) is 4.58. The number of nitrogens with one attached hydrogen (secondary N) is 1. The molecule has 1 aliphatic rings. The predicted molar refractivity (Wildman–Crippen MR) is 63.4 cm³/mol. The smallest absolute Gasteiger partial charge is 0.335 e. The monoisotopic (exact) mass is 237 g/mol. The van der Waals surface area contributed by atoms with Crippen LogP contribution < -0.4 is 5.32 Å². The Kier molecular flexibility index (Phi) is 3.15. The molecule has 0 bridgehead atoms. The van der Waals surface area contributed by atoms with Crippen LogP contribution in [0.5, 0.6) is 0 Å². The van der Waals surface area contributed by atoms with Crippen molar-refractivity contribution in [1.29, 1.82) is 0 Å². The Balaban J connectivity index is 2.15. The lowest BCUT2D eigenvalue weighted by Crippen LogP contribution is -2.04. The molecule has 0 aliphatic carbocycles. The molecule has 0 unspecified atom stereocenters. The van der Waals surface area contributed by atoms with E-state index >= 15 is 0 Å². The molecule has 0 saturated carbocycles. The van der Waals surface area contributed by atoms with Gasteiger partial charge >= 0.3 is 5.97 Å². The van der Waals surface area contributed by atoms with Gasteiger partial charge in [-0.15, -0.1) is 0 Å². The number of cyclic esters (lactones) is 1. The second-order valence-corrected chi connectivity index (χ2v) is 4.06. The summed E-state index contributed by atoms with van der Waals surface area (Å²) < 4.78 is 4.89. The van der Waals surface area contributed by atoms with E-state index in [1.54, 1.807) is 12.1 Å². The zero-order valence-corrected chi connectivity index (χ0v) is 9.67. The highest BCUT2D eigenvalue weighted by atomic mass is 35.5. The summed E-state index contributed by atoms with van der Waals surface area (Å²) in [7, 11) is 0. The molecule has 1 saturated heterocycles. The zero-order chi connectivity index (χ0) is 11.5. The fourth-order valence-electron chi connectivity index (χ4n) is 1.60. The number of hydrogen-bond acceptors (Lipinski definition) is 3. The minimum absolute atomic E-state index is 0.223. The molecule has 4 heteroatoms. The summed E-state index contributed by atoms with van der Waals surface area (Å²) in [6.07, 6.45) is 0.672. The van der Waals surface area contributed by atoms with Crippen LogP contribution in [-0.4, -0.2) is 12.6 Å². The molecule has 3 nitrogen and oxygen atoms in total. The summed E-state index contributed by atoms with van der Waals surface area (Å²) in [4.78, 5) is 11.3. The summed E-state index contributed by atoms with van der Waals surface area (Å²) in [5.74, 6) is -0.223. The molecule has 1 fully saturated rings. The van der Waals surface area contributed by atoms with Crippen LogP contribution in [0.2, 0.25) is 5.02 Å². The van der Waals surface area contributed by atoms with Crippen molar-refractivity contribution in [3.05, 3.63) is 40.6 Å². The predicted octanol–water partition coefficient (Wildman–Crippen LogP) is 2.97. The number of benzene rings is 1. The Morgan fingerprint density at radius 1 is 1.38 bits per heavy atom. The Bertz CT molecular complexity index is 437. The number of halogens is 1. The fourth-order valence-corrected chi connectivity index (χ4v) is 1.73. The Labute approximate surface area is 99.1 Å². The molecule has 1 aliphatic heterocycles. The first-order valence-electron chi connectivity index (χ1n) is 5.06. The number of rotatable bonds is 2. The molecular weight excluding hydrogens is 226 g/mol. The largest absolute Gasteiger partial charge is 0.462 e. The van der Waals surface area contributed by atoms with Crippen LogP contribution in [0.15, 0.2) is 35.5 Å². The molecule has 16 heavy (non-hydrogen) atoms. The SMILES string of the molecule is C/C(Nc1ccc(Cl)cc1)=C1/CCOC1=O. The quantitative estimate of drug-likeness (QED) is 0.635. The maximum Gasteiger partial charge on any atom is 0.335 e. The maximum absolute atomic E-state index is 11.3. The van der Waals surface area contributed by atoms with Crippen LogP contribution in [0, 0.1) is 0 Å². The third kappa shape index (κ3) is 2.36. The highest BCUT2D eigenvalue weighted by Crippen LogP contribution is 2.20. The van der Waals surface area contributed by atoms with Gasteiger partial charge < -0.3 is 10.1 Å². The van der Waals surface area contributed by atoms with E-state index in [-0.39, 0.29) is 5.97 Å². The summed E-state index contributed by atoms with van der Waals surface area (Å²) in [6, 6.07) is 7.34. The lowest BCUT2D eigenvalue weighted by molar-refractivity contribution is -0.135. The van der Waals surface area contributed by atoms with E-state index in [9.17, 15) is 4.79 Å². The lowest BCUT2D eigenvalue weighted by atomic mass is 10.2. The van der Waals surface area contributed by atoms with Crippen molar-refractivity contribution in [2.75, 3.05) is 11.9 Å². The van der Waals surface area contributed by atoms with Gasteiger partial charge in [0.25, 0.3) is 0 Å². The number of carbonyl (C=O) groups is 1. The third-order valence-corrected chi connectivity index (χ3v) is 2.71. The van der Waals surface area contributed by atoms with Crippen LogP contribution in [-0.2, 0) is 9.53 Å². The van der Waals surface area contributed by atoms with Gasteiger partial charge in [0.05, 0.1) is 12.2 Å². The van der Waals surface area contributed by atoms with Crippen LogP contribution in [0.4, 0.5) is 5.69 Å². The first-order valence-corrected chi connectivity index (χ1v) is 5.44. The van der Waals surface area contributed by atoms with Gasteiger partial charge in [0.1, 0.15) is 0 Å². The van der Waals surface area contributed by atoms with Gasteiger partial charge in [-0.05, 0) is 31.2 Å². The molecule has 1 heterocycles. The molecule has 1 aromatic rings. The first-order chi connectivity index (χ1) is 7.66. The number of carbonyl (C=O) groups excluding carboxylic acids is 1. The van der Waals surface area contributed by atoms with E-state index in [0.717, 1.165) is 17.0 Å². The Morgan fingerprint density at radius 2 is 2.06 bits per heavy atom. The van der Waals surface area contributed by atoms with Crippen LogP contribution in [0.25, 0.3) is 0 Å². The van der Waals surface area contributed by atoms with E-state index in [1.807, 2.05) is 19.1 Å². The molecule has 0 atom stereocenters. The average molecular weight is 238 g/mol. The summed E-state index contributed by atoms with van der Waals surface area (Å²) in [5.41, 5.74) is 2.47. The van der Waals surface area contributed by atoms with E-state index in [0.29, 0.717) is 18.1 Å². The van der Waals surface area contributed by atoms with Crippen LogP contribution in [0.3, 0.4) is 0 Å². The molecule has 84 valence electrons. The first kappa shape index (κ1) is 11.0. The summed E-state index contributed by atoms with van der Waals surface area (Å²) >= 11 is 5.78. The number of hydrogen-bond donors (Lipinski definition) is 1. The number of anilines is 1. The topological polar surface area (TPSA) is 38.3 Å². The van der Waals surface area contributed by atoms with Crippen molar-refractivity contribution in [3.63, 3.8) is 0 Å². The van der Waals surface area contributed by atoms with Gasteiger partial charge in [-0.3, -0.25) is 0 Å². The standard InChI is InChI=1S/C12H12ClNO2/c1-8(11-6-7-16-12(11)15)14-10-4-2-9(13)3-5-10/h2-5,14H,6-7H2,1H3/b11-8+. The minimum Gasteiger partial charge on any atom is -0.462 e. The normalized spacial score (nSPS) is 18.2. The van der Waals surface area contributed by atoms with E-state index in [2.05, 4.69) is 5.32 Å². The Hall–Kier alpha value is -1.48. The van der Waals surface area contributed by atoms with Crippen LogP contribution >= 0.6 is 11.6 Å². The fraction of sp³-hybridized carbons (Fsp3) is 0.250. The highest BCUT2D eigenvalue weighted by Gasteiger charge is 2.21. The zero-order valence-electron chi connectivity index (χ0n) is 8.92. The van der Waals surface area contributed by atoms with Gasteiger partial charge in [0, 0.05) is 22.8 Å². The highest BCUT2D eigenvalue weighted by molar-refractivity contribution is 6.30. The molecule has 1 N–H and O–H groups in total. The van der Waals surface area contributed by atoms with Gasteiger partial charge in [-0.25, -0.2) is 4.79 Å². The van der Waals surface area contributed by atoms with Crippen molar-refractivity contribution in [1.82, 2.24) is 0 Å². The average Bonchev–Trinajstić information content (AvgIpc) is 2.68.